The van der Waals surface area contributed by atoms with Crippen LogP contribution in [0.3, 0.4) is 0 Å². The first-order chi connectivity index (χ1) is 4.66. The fourth-order valence-corrected chi connectivity index (χ4v) is 1.61. The Morgan fingerprint density at radius 1 is 1.30 bits per heavy atom. The van der Waals surface area contributed by atoms with Crippen molar-refractivity contribution in [3.05, 3.63) is 0 Å². The molecule has 0 aromatic heterocycles. The molecule has 0 aliphatic carbocycles. The van der Waals surface area contributed by atoms with Gasteiger partial charge in [0.15, 0.2) is 0 Å². The minimum atomic E-state index is 0.576. The normalized spacial score (nSPS) is 16.8. The third-order valence-corrected chi connectivity index (χ3v) is 2.00. The molecule has 2 atom stereocenters. The Morgan fingerprint density at radius 3 is 2.30 bits per heavy atom. The average Bonchev–Trinajstić information content (AvgIpc) is 1.82. The van der Waals surface area contributed by atoms with E-state index in [-0.39, 0.29) is 0 Å². The van der Waals surface area contributed by atoms with Crippen molar-refractivity contribution in [2.45, 2.75) is 51.7 Å². The maximum Gasteiger partial charge on any atom is -0.000905 e. The van der Waals surface area contributed by atoms with Crippen LogP contribution in [0.2, 0.25) is 0 Å². The first-order valence-electron chi connectivity index (χ1n) is 4.34. The molecule has 0 aliphatic heterocycles. The molecule has 0 radical (unpaired) electrons. The summed E-state index contributed by atoms with van der Waals surface area (Å²) in [6.07, 6.45) is 5.34. The lowest BCUT2D eigenvalue weighted by Crippen LogP contribution is -2.01. The Morgan fingerprint density at radius 2 is 1.90 bits per heavy atom. The van der Waals surface area contributed by atoms with E-state index in [2.05, 4.69) is 33.4 Å². The van der Waals surface area contributed by atoms with E-state index in [4.69, 9.17) is 0 Å². The molecule has 2 unspecified atom stereocenters. The van der Waals surface area contributed by atoms with Crippen LogP contribution in [0.5, 0.6) is 0 Å². The maximum absolute atomic E-state index is 4.36. The fraction of sp³-hybridized carbons (Fsp3) is 1.00. The second-order valence-corrected chi connectivity index (χ2v) is 4.21. The van der Waals surface area contributed by atoms with Gasteiger partial charge in [-0.3, -0.25) is 0 Å². The fourth-order valence-electron chi connectivity index (χ4n) is 1.25. The summed E-state index contributed by atoms with van der Waals surface area (Å²) in [7, 11) is 0. The lowest BCUT2D eigenvalue weighted by Gasteiger charge is -2.11. The van der Waals surface area contributed by atoms with Crippen molar-refractivity contribution in [2.24, 2.45) is 5.92 Å². The van der Waals surface area contributed by atoms with E-state index >= 15 is 0 Å². The Balaban J connectivity index is 3.16. The molecule has 0 saturated heterocycles. The smallest absolute Gasteiger partial charge is 0.000905 e. The second-order valence-electron chi connectivity index (χ2n) is 3.33. The second kappa shape index (κ2) is 6.09. The Bertz CT molecular complexity index is 69.1. The molecular formula is C9H20S. The van der Waals surface area contributed by atoms with Gasteiger partial charge in [0, 0.05) is 0 Å². The van der Waals surface area contributed by atoms with Crippen molar-refractivity contribution >= 4 is 12.6 Å². The van der Waals surface area contributed by atoms with Crippen LogP contribution in [-0.2, 0) is 0 Å². The van der Waals surface area contributed by atoms with E-state index in [9.17, 15) is 0 Å². The summed E-state index contributed by atoms with van der Waals surface area (Å²) in [5, 5.41) is 0.576. The number of hydrogen-bond acceptors (Lipinski definition) is 1. The highest BCUT2D eigenvalue weighted by Crippen LogP contribution is 2.16. The lowest BCUT2D eigenvalue weighted by molar-refractivity contribution is 0.472. The van der Waals surface area contributed by atoms with E-state index in [1.165, 1.54) is 25.7 Å². The summed E-state index contributed by atoms with van der Waals surface area (Å²) in [4.78, 5) is 0. The first-order valence-corrected chi connectivity index (χ1v) is 4.86. The zero-order valence-corrected chi connectivity index (χ0v) is 8.32. The van der Waals surface area contributed by atoms with Crippen molar-refractivity contribution in [3.8, 4) is 0 Å². The number of rotatable bonds is 5. The van der Waals surface area contributed by atoms with Gasteiger partial charge < -0.3 is 0 Å². The SMILES string of the molecule is CCCCC(C)CC(C)S. The molecule has 0 nitrogen and oxygen atoms in total. The van der Waals surface area contributed by atoms with Gasteiger partial charge in [-0.2, -0.15) is 12.6 Å². The van der Waals surface area contributed by atoms with Crippen molar-refractivity contribution in [2.75, 3.05) is 0 Å². The van der Waals surface area contributed by atoms with E-state index in [0.717, 1.165) is 5.92 Å². The van der Waals surface area contributed by atoms with Crippen LogP contribution < -0.4 is 0 Å². The largest absolute Gasteiger partial charge is 0.176 e. The molecule has 0 aromatic rings. The Labute approximate surface area is 70.8 Å². The summed E-state index contributed by atoms with van der Waals surface area (Å²) >= 11 is 4.36. The first kappa shape index (κ1) is 10.3. The average molecular weight is 160 g/mol. The third kappa shape index (κ3) is 6.47. The van der Waals surface area contributed by atoms with Crippen LogP contribution >= 0.6 is 12.6 Å². The molecule has 10 heavy (non-hydrogen) atoms. The van der Waals surface area contributed by atoms with Crippen LogP contribution in [-0.4, -0.2) is 5.25 Å². The van der Waals surface area contributed by atoms with Crippen molar-refractivity contribution in [1.29, 1.82) is 0 Å². The van der Waals surface area contributed by atoms with Crippen molar-refractivity contribution in [3.63, 3.8) is 0 Å². The molecule has 1 heteroatoms. The Kier molecular flexibility index (Phi) is 6.30. The van der Waals surface area contributed by atoms with Gasteiger partial charge in [0.05, 0.1) is 0 Å². The van der Waals surface area contributed by atoms with E-state index in [1.54, 1.807) is 0 Å². The number of hydrogen-bond donors (Lipinski definition) is 1. The molecule has 62 valence electrons. The quantitative estimate of drug-likeness (QED) is 0.584. The van der Waals surface area contributed by atoms with Crippen molar-refractivity contribution < 1.29 is 0 Å². The predicted octanol–water partition coefficient (Wildman–Crippen LogP) is 3.52. The molecule has 0 rings (SSSR count). The van der Waals surface area contributed by atoms with Crippen LogP contribution in [0.1, 0.15) is 46.5 Å². The molecule has 0 aliphatic rings. The highest BCUT2D eigenvalue weighted by molar-refractivity contribution is 7.80. The van der Waals surface area contributed by atoms with E-state index in [1.807, 2.05) is 0 Å². The lowest BCUT2D eigenvalue weighted by atomic mass is 9.99. The van der Waals surface area contributed by atoms with Gasteiger partial charge in [0.1, 0.15) is 0 Å². The van der Waals surface area contributed by atoms with Gasteiger partial charge in [0.2, 0.25) is 0 Å². The van der Waals surface area contributed by atoms with Gasteiger partial charge in [-0.15, -0.1) is 0 Å². The minimum Gasteiger partial charge on any atom is -0.176 e. The highest BCUT2D eigenvalue weighted by Gasteiger charge is 2.03. The van der Waals surface area contributed by atoms with Crippen LogP contribution in [0.4, 0.5) is 0 Å². The zero-order valence-electron chi connectivity index (χ0n) is 7.43. The third-order valence-electron chi connectivity index (χ3n) is 1.79. The highest BCUT2D eigenvalue weighted by atomic mass is 32.1. The zero-order chi connectivity index (χ0) is 7.98. The monoisotopic (exact) mass is 160 g/mol. The van der Waals surface area contributed by atoms with Crippen LogP contribution in [0.15, 0.2) is 0 Å². The standard InChI is InChI=1S/C9H20S/c1-4-5-6-8(2)7-9(3)10/h8-10H,4-7H2,1-3H3. The van der Waals surface area contributed by atoms with E-state index in [0.29, 0.717) is 5.25 Å². The maximum atomic E-state index is 4.36. The summed E-state index contributed by atoms with van der Waals surface area (Å²) in [6, 6.07) is 0. The molecule has 0 saturated carbocycles. The van der Waals surface area contributed by atoms with Gasteiger partial charge >= 0.3 is 0 Å². The van der Waals surface area contributed by atoms with Gasteiger partial charge in [-0.25, -0.2) is 0 Å². The molecule has 0 amide bonds. The summed E-state index contributed by atoms with van der Waals surface area (Å²) in [5.74, 6) is 0.868. The molecule has 0 heterocycles. The molecule has 0 fully saturated rings. The molecule has 0 bridgehead atoms. The minimum absolute atomic E-state index is 0.576. The topological polar surface area (TPSA) is 0 Å². The number of unbranched alkanes of at least 4 members (excludes halogenated alkanes) is 1. The molecule has 0 N–H and O–H groups in total. The summed E-state index contributed by atoms with van der Waals surface area (Å²) < 4.78 is 0. The molecule has 0 aromatic carbocycles. The summed E-state index contributed by atoms with van der Waals surface area (Å²) in [6.45, 7) is 6.74. The van der Waals surface area contributed by atoms with Crippen LogP contribution in [0.25, 0.3) is 0 Å². The molecule has 0 spiro atoms. The van der Waals surface area contributed by atoms with Gasteiger partial charge in [-0.1, -0.05) is 40.0 Å². The number of thiol groups is 1. The Hall–Kier alpha value is 0.350. The van der Waals surface area contributed by atoms with Crippen molar-refractivity contribution in [1.82, 2.24) is 0 Å². The molecular weight excluding hydrogens is 140 g/mol. The van der Waals surface area contributed by atoms with E-state index < -0.39 is 0 Å². The van der Waals surface area contributed by atoms with Gasteiger partial charge in [-0.05, 0) is 17.6 Å². The van der Waals surface area contributed by atoms with Crippen LogP contribution in [0, 0.1) is 5.92 Å². The van der Waals surface area contributed by atoms with Gasteiger partial charge in [0.25, 0.3) is 0 Å². The predicted molar refractivity (Wildman–Crippen MR) is 51.8 cm³/mol. The summed E-state index contributed by atoms with van der Waals surface area (Å²) in [5.41, 5.74) is 0.